The first-order valence-electron chi connectivity index (χ1n) is 12.7. The lowest BCUT2D eigenvalue weighted by molar-refractivity contribution is -0.149. The number of ether oxygens (including phenoxy) is 2. The highest BCUT2D eigenvalue weighted by molar-refractivity contribution is 6.01. The number of nitrogens with two attached hydrogens (primary N) is 1. The zero-order valence-electron chi connectivity index (χ0n) is 21.8. The molecule has 1 aliphatic rings. The number of guanidine groups is 1. The van der Waals surface area contributed by atoms with Gasteiger partial charge >= 0.3 is 17.9 Å². The third-order valence-corrected chi connectivity index (χ3v) is 6.34. The van der Waals surface area contributed by atoms with Crippen molar-refractivity contribution < 1.29 is 38.9 Å². The minimum atomic E-state index is -1.68. The number of carbonyl (C=O) groups is 4. The summed E-state index contributed by atoms with van der Waals surface area (Å²) in [7, 11) is 0. The average molecular weight is 561 g/mol. The molecular weight excluding hydrogens is 532 g/mol. The molecule has 0 radical (unpaired) electrons. The molecule has 1 heterocycles. The summed E-state index contributed by atoms with van der Waals surface area (Å²) < 4.78 is 11.6. The number of para-hydroxylation sites is 1. The number of carboxylic acid groups (broad SMARTS) is 2. The van der Waals surface area contributed by atoms with Crippen LogP contribution in [-0.4, -0.2) is 57.5 Å². The largest absolute Gasteiger partial charge is 0.489 e. The normalized spacial score (nSPS) is 13.3. The quantitative estimate of drug-likeness (QED) is 0.118. The number of esters is 1. The molecule has 0 aliphatic carbocycles. The first-order chi connectivity index (χ1) is 19.6. The average Bonchev–Trinajstić information content (AvgIpc) is 2.93. The molecule has 3 aromatic rings. The molecule has 12 heteroatoms. The van der Waals surface area contributed by atoms with Crippen LogP contribution in [0.25, 0.3) is 0 Å². The topological polar surface area (TPSA) is 192 Å². The van der Waals surface area contributed by atoms with Gasteiger partial charge in [-0.15, -0.1) is 0 Å². The Bertz CT molecular complexity index is 1490. The van der Waals surface area contributed by atoms with Crippen molar-refractivity contribution in [3.05, 3.63) is 89.0 Å². The van der Waals surface area contributed by atoms with Crippen LogP contribution < -0.4 is 20.5 Å². The van der Waals surface area contributed by atoms with Crippen LogP contribution in [0.5, 0.6) is 11.5 Å². The number of anilines is 1. The lowest BCUT2D eigenvalue weighted by Crippen LogP contribution is -2.46. The van der Waals surface area contributed by atoms with Gasteiger partial charge < -0.3 is 35.6 Å². The molecule has 6 N–H and O–H groups in total. The summed E-state index contributed by atoms with van der Waals surface area (Å²) in [6.45, 7) is -0.0633. The van der Waals surface area contributed by atoms with E-state index in [1.54, 1.807) is 48.5 Å². The number of rotatable bonds is 8. The molecule has 212 valence electrons. The van der Waals surface area contributed by atoms with Gasteiger partial charge in [-0.3, -0.25) is 15.0 Å². The Morgan fingerprint density at radius 3 is 2.49 bits per heavy atom. The summed E-state index contributed by atoms with van der Waals surface area (Å²) in [4.78, 5) is 51.7. The highest BCUT2D eigenvalue weighted by Crippen LogP contribution is 2.35. The van der Waals surface area contributed by atoms with Crippen molar-refractivity contribution in [2.75, 3.05) is 11.9 Å². The smallest absolute Gasteiger partial charge is 0.343 e. The SMILES string of the molecule is N=C(N)Nc1ccc2c(c1)CCCOc1c(cccc1C(=O)N(Cc1ccccc1)[C@@H](CC(=O)O)C(=O)O)OC2=O. The number of nitrogens with zero attached hydrogens (tertiary/aromatic N) is 1. The fourth-order valence-corrected chi connectivity index (χ4v) is 4.49. The molecule has 0 bridgehead atoms. The maximum atomic E-state index is 13.9. The first-order valence-corrected chi connectivity index (χ1v) is 12.7. The van der Waals surface area contributed by atoms with Gasteiger partial charge in [-0.25, -0.2) is 9.59 Å². The molecule has 0 aromatic heterocycles. The fourth-order valence-electron chi connectivity index (χ4n) is 4.49. The number of benzene rings is 3. The van der Waals surface area contributed by atoms with Crippen LogP contribution in [0.3, 0.4) is 0 Å². The van der Waals surface area contributed by atoms with E-state index in [0.29, 0.717) is 29.7 Å². The molecular formula is C29H28N4O8. The van der Waals surface area contributed by atoms with Crippen molar-refractivity contribution in [3.8, 4) is 11.5 Å². The van der Waals surface area contributed by atoms with E-state index in [4.69, 9.17) is 20.6 Å². The molecule has 0 spiro atoms. The Morgan fingerprint density at radius 2 is 1.80 bits per heavy atom. The van der Waals surface area contributed by atoms with Crippen LogP contribution in [-0.2, 0) is 22.6 Å². The van der Waals surface area contributed by atoms with Gasteiger partial charge in [-0.1, -0.05) is 36.4 Å². The summed E-state index contributed by atoms with van der Waals surface area (Å²) in [5, 5.41) is 29.4. The number of aryl methyl sites for hydroxylation is 1. The number of amides is 1. The van der Waals surface area contributed by atoms with E-state index in [9.17, 15) is 29.4 Å². The second kappa shape index (κ2) is 12.6. The maximum Gasteiger partial charge on any atom is 0.343 e. The van der Waals surface area contributed by atoms with Gasteiger partial charge in [0.15, 0.2) is 17.5 Å². The van der Waals surface area contributed by atoms with E-state index in [1.165, 1.54) is 18.2 Å². The lowest BCUT2D eigenvalue weighted by Gasteiger charge is -2.29. The van der Waals surface area contributed by atoms with Crippen LogP contribution >= 0.6 is 0 Å². The number of carboxylic acids is 2. The third kappa shape index (κ3) is 6.98. The summed E-state index contributed by atoms with van der Waals surface area (Å²) in [5.41, 5.74) is 7.38. The fraction of sp³-hybridized carbons (Fsp3) is 0.207. The second-order valence-corrected chi connectivity index (χ2v) is 9.26. The van der Waals surface area contributed by atoms with Gasteiger partial charge in [0.25, 0.3) is 5.91 Å². The molecule has 0 saturated heterocycles. The molecule has 1 amide bonds. The van der Waals surface area contributed by atoms with Crippen molar-refractivity contribution in [1.82, 2.24) is 4.90 Å². The molecule has 4 rings (SSSR count). The highest BCUT2D eigenvalue weighted by Gasteiger charge is 2.35. The maximum absolute atomic E-state index is 13.9. The Morgan fingerprint density at radius 1 is 1.05 bits per heavy atom. The van der Waals surface area contributed by atoms with Crippen molar-refractivity contribution in [1.29, 1.82) is 5.41 Å². The van der Waals surface area contributed by atoms with Gasteiger partial charge in [0.05, 0.1) is 24.2 Å². The Kier molecular flexibility index (Phi) is 8.82. The van der Waals surface area contributed by atoms with Crippen LogP contribution in [0.1, 0.15) is 44.7 Å². The molecule has 0 saturated carbocycles. The Balaban J connectivity index is 1.72. The number of hydrogen-bond acceptors (Lipinski definition) is 7. The molecule has 0 unspecified atom stereocenters. The van der Waals surface area contributed by atoms with Gasteiger partial charge in [-0.2, -0.15) is 0 Å². The zero-order valence-corrected chi connectivity index (χ0v) is 21.8. The molecule has 12 nitrogen and oxygen atoms in total. The van der Waals surface area contributed by atoms with Gasteiger partial charge in [0.1, 0.15) is 6.04 Å². The number of fused-ring (bicyclic) bond motifs is 2. The third-order valence-electron chi connectivity index (χ3n) is 6.34. The van der Waals surface area contributed by atoms with E-state index in [1.807, 2.05) is 0 Å². The van der Waals surface area contributed by atoms with E-state index in [-0.39, 0.29) is 41.7 Å². The van der Waals surface area contributed by atoms with Crippen LogP contribution in [0.2, 0.25) is 0 Å². The monoisotopic (exact) mass is 560 g/mol. The number of hydrogen-bond donors (Lipinski definition) is 5. The van der Waals surface area contributed by atoms with Gasteiger partial charge in [-0.05, 0) is 54.3 Å². The standard InChI is InChI=1S/C29H28N4O8/c30-29(31)32-19-11-12-20-18(14-19)8-5-13-40-25-21(9-4-10-23(25)41-28(20)39)26(36)33(16-17-6-2-1-3-7-17)22(27(37)38)15-24(34)35/h1-4,6-7,9-12,14,22H,5,8,13,15-16H2,(H,34,35)(H,37,38)(H4,30,31,32)/t22-/m0/s1. The number of carbonyl (C=O) groups excluding carboxylic acids is 2. The predicted molar refractivity (Wildman–Crippen MR) is 147 cm³/mol. The summed E-state index contributed by atoms with van der Waals surface area (Å²) >= 11 is 0. The molecule has 1 atom stereocenters. The Hall–Kier alpha value is -5.39. The Labute approximate surface area is 234 Å². The van der Waals surface area contributed by atoms with Gasteiger partial charge in [0.2, 0.25) is 0 Å². The van der Waals surface area contributed by atoms with E-state index in [2.05, 4.69) is 5.32 Å². The molecule has 1 aliphatic heterocycles. The summed E-state index contributed by atoms with van der Waals surface area (Å²) in [6.07, 6.45) is 0.0232. The lowest BCUT2D eigenvalue weighted by atomic mass is 10.0. The minimum Gasteiger partial charge on any atom is -0.489 e. The predicted octanol–water partition coefficient (Wildman–Crippen LogP) is 3.11. The van der Waals surface area contributed by atoms with Crippen molar-refractivity contribution >= 4 is 35.5 Å². The highest BCUT2D eigenvalue weighted by atomic mass is 16.6. The molecule has 3 aromatic carbocycles. The van der Waals surface area contributed by atoms with Crippen molar-refractivity contribution in [2.45, 2.75) is 31.8 Å². The van der Waals surface area contributed by atoms with Crippen LogP contribution in [0, 0.1) is 5.41 Å². The zero-order chi connectivity index (χ0) is 29.5. The first kappa shape index (κ1) is 28.6. The number of aliphatic carboxylic acids is 2. The van der Waals surface area contributed by atoms with E-state index >= 15 is 0 Å². The van der Waals surface area contributed by atoms with Crippen LogP contribution in [0.15, 0.2) is 66.7 Å². The summed E-state index contributed by atoms with van der Waals surface area (Å²) in [6, 6.07) is 16.0. The molecule has 0 fully saturated rings. The van der Waals surface area contributed by atoms with Crippen LogP contribution in [0.4, 0.5) is 5.69 Å². The summed E-state index contributed by atoms with van der Waals surface area (Å²) in [5.74, 6) is -4.73. The van der Waals surface area contributed by atoms with Crippen molar-refractivity contribution in [2.24, 2.45) is 5.73 Å². The van der Waals surface area contributed by atoms with Crippen molar-refractivity contribution in [3.63, 3.8) is 0 Å². The molecule has 41 heavy (non-hydrogen) atoms. The second-order valence-electron chi connectivity index (χ2n) is 9.26. The van der Waals surface area contributed by atoms with E-state index in [0.717, 1.165) is 4.90 Å². The minimum absolute atomic E-state index is 0.0515. The van der Waals surface area contributed by atoms with Gasteiger partial charge in [0, 0.05) is 12.2 Å². The number of nitrogens with one attached hydrogen (secondary N) is 2. The van der Waals surface area contributed by atoms with E-state index < -0.39 is 36.3 Å².